The van der Waals surface area contributed by atoms with Gasteiger partial charge >= 0.3 is 0 Å². The second-order valence-corrected chi connectivity index (χ2v) is 4.90. The molecule has 0 bridgehead atoms. The van der Waals surface area contributed by atoms with Crippen molar-refractivity contribution in [1.29, 1.82) is 0 Å². The number of hydrogen-bond acceptors (Lipinski definition) is 2. The summed E-state index contributed by atoms with van der Waals surface area (Å²) in [6.45, 7) is 5.25. The van der Waals surface area contributed by atoms with Crippen LogP contribution in [0.1, 0.15) is 45.2 Å². The third kappa shape index (κ3) is 2.51. The Morgan fingerprint density at radius 3 is 2.94 bits per heavy atom. The van der Waals surface area contributed by atoms with Crippen molar-refractivity contribution in [2.24, 2.45) is 0 Å². The van der Waals surface area contributed by atoms with Crippen LogP contribution >= 0.6 is 0 Å². The molecular formula is C13H21N3O. The summed E-state index contributed by atoms with van der Waals surface area (Å²) in [7, 11) is 0. The van der Waals surface area contributed by atoms with Crippen LogP contribution in [0.5, 0.6) is 0 Å². The molecule has 1 aromatic rings. The topological polar surface area (TPSA) is 46.9 Å². The Morgan fingerprint density at radius 2 is 2.35 bits per heavy atom. The summed E-state index contributed by atoms with van der Waals surface area (Å²) < 4.78 is 2.06. The van der Waals surface area contributed by atoms with Gasteiger partial charge in [0.25, 0.3) is 0 Å². The Kier molecular flexibility index (Phi) is 3.50. The van der Waals surface area contributed by atoms with Crippen molar-refractivity contribution in [2.45, 2.75) is 58.0 Å². The number of amides is 1. The number of rotatable bonds is 5. The van der Waals surface area contributed by atoms with Gasteiger partial charge in [-0.25, -0.2) is 0 Å². The maximum atomic E-state index is 11.4. The van der Waals surface area contributed by atoms with Crippen LogP contribution in [0.25, 0.3) is 0 Å². The Bertz CT molecular complexity index is 399. The molecule has 4 heteroatoms. The van der Waals surface area contributed by atoms with Crippen LogP contribution in [0.15, 0.2) is 12.3 Å². The Balaban J connectivity index is 2.13. The molecule has 94 valence electrons. The number of aromatic nitrogens is 2. The van der Waals surface area contributed by atoms with E-state index < -0.39 is 0 Å². The molecule has 1 fully saturated rings. The van der Waals surface area contributed by atoms with E-state index >= 15 is 0 Å². The highest BCUT2D eigenvalue weighted by Gasteiger charge is 2.36. The average molecular weight is 235 g/mol. The fourth-order valence-corrected chi connectivity index (χ4v) is 2.57. The van der Waals surface area contributed by atoms with E-state index in [0.29, 0.717) is 6.42 Å². The van der Waals surface area contributed by atoms with Crippen molar-refractivity contribution >= 4 is 5.91 Å². The quantitative estimate of drug-likeness (QED) is 0.847. The molecule has 1 aliphatic heterocycles. The fourth-order valence-electron chi connectivity index (χ4n) is 2.57. The molecule has 2 rings (SSSR count). The number of nitrogens with one attached hydrogen (secondary N) is 1. The van der Waals surface area contributed by atoms with E-state index in [1.54, 1.807) is 0 Å². The van der Waals surface area contributed by atoms with Crippen LogP contribution in [0.2, 0.25) is 0 Å². The second kappa shape index (κ2) is 4.90. The molecule has 1 saturated heterocycles. The van der Waals surface area contributed by atoms with Gasteiger partial charge in [0, 0.05) is 36.8 Å². The summed E-state index contributed by atoms with van der Waals surface area (Å²) in [5.41, 5.74) is 1.19. The molecule has 1 atom stereocenters. The maximum Gasteiger partial charge on any atom is 0.220 e. The van der Waals surface area contributed by atoms with Gasteiger partial charge in [0.2, 0.25) is 5.91 Å². The summed E-state index contributed by atoms with van der Waals surface area (Å²) in [6.07, 6.45) is 6.42. The van der Waals surface area contributed by atoms with E-state index in [1.807, 2.05) is 6.20 Å². The molecule has 0 aromatic carbocycles. The minimum absolute atomic E-state index is 0.0391. The molecular weight excluding hydrogens is 214 g/mol. The molecule has 0 radical (unpaired) electrons. The van der Waals surface area contributed by atoms with Crippen LogP contribution in [-0.4, -0.2) is 21.2 Å². The van der Waals surface area contributed by atoms with E-state index in [0.717, 1.165) is 32.2 Å². The van der Waals surface area contributed by atoms with Crippen LogP contribution < -0.4 is 5.32 Å². The van der Waals surface area contributed by atoms with Gasteiger partial charge in [-0.1, -0.05) is 13.8 Å². The van der Waals surface area contributed by atoms with E-state index in [1.165, 1.54) is 5.69 Å². The lowest BCUT2D eigenvalue weighted by Gasteiger charge is -2.28. The standard InChI is InChI=1S/C13H21N3O/c1-3-9-16-11(6-8-14-16)10-13(4-2)7-5-12(17)15-13/h6,8H,3-5,7,9-10H2,1-2H3,(H,15,17). The SMILES string of the molecule is CCCn1nccc1CC1(CC)CCC(=O)N1. The molecule has 1 N–H and O–H groups in total. The van der Waals surface area contributed by atoms with Crippen molar-refractivity contribution in [2.75, 3.05) is 0 Å². The summed E-state index contributed by atoms with van der Waals surface area (Å²) in [4.78, 5) is 11.4. The van der Waals surface area contributed by atoms with Gasteiger partial charge in [-0.3, -0.25) is 9.48 Å². The first-order valence-corrected chi connectivity index (χ1v) is 6.51. The highest BCUT2D eigenvalue weighted by Crippen LogP contribution is 2.27. The lowest BCUT2D eigenvalue weighted by atomic mass is 9.89. The predicted octanol–water partition coefficient (Wildman–Crippen LogP) is 1.89. The molecule has 0 aliphatic carbocycles. The minimum Gasteiger partial charge on any atom is -0.350 e. The number of nitrogens with zero attached hydrogens (tertiary/aromatic N) is 2. The van der Waals surface area contributed by atoms with Crippen molar-refractivity contribution in [3.63, 3.8) is 0 Å². The molecule has 0 saturated carbocycles. The Hall–Kier alpha value is -1.32. The summed E-state index contributed by atoms with van der Waals surface area (Å²) in [5.74, 6) is 0.188. The lowest BCUT2D eigenvalue weighted by molar-refractivity contribution is -0.119. The van der Waals surface area contributed by atoms with Crippen molar-refractivity contribution < 1.29 is 4.79 Å². The fraction of sp³-hybridized carbons (Fsp3) is 0.692. The normalized spacial score (nSPS) is 24.0. The first-order valence-electron chi connectivity index (χ1n) is 6.51. The number of carbonyl (C=O) groups is 1. The van der Waals surface area contributed by atoms with E-state index in [-0.39, 0.29) is 11.4 Å². The molecule has 1 aliphatic rings. The van der Waals surface area contributed by atoms with Gasteiger partial charge in [-0.05, 0) is 25.3 Å². The monoisotopic (exact) mass is 235 g/mol. The maximum absolute atomic E-state index is 11.4. The molecule has 1 unspecified atom stereocenters. The first kappa shape index (κ1) is 12.1. The number of carbonyl (C=O) groups excluding carboxylic acids is 1. The van der Waals surface area contributed by atoms with Crippen LogP contribution in [0.3, 0.4) is 0 Å². The highest BCUT2D eigenvalue weighted by molar-refractivity contribution is 5.79. The third-order valence-corrected chi connectivity index (χ3v) is 3.67. The van der Waals surface area contributed by atoms with E-state index in [4.69, 9.17) is 0 Å². The lowest BCUT2D eigenvalue weighted by Crippen LogP contribution is -2.43. The zero-order valence-electron chi connectivity index (χ0n) is 10.7. The van der Waals surface area contributed by atoms with Gasteiger partial charge in [0.15, 0.2) is 0 Å². The van der Waals surface area contributed by atoms with Gasteiger partial charge in [0.1, 0.15) is 0 Å². The van der Waals surface area contributed by atoms with Gasteiger partial charge in [-0.15, -0.1) is 0 Å². The molecule has 4 nitrogen and oxygen atoms in total. The van der Waals surface area contributed by atoms with Crippen LogP contribution in [0, 0.1) is 0 Å². The molecule has 1 aromatic heterocycles. The van der Waals surface area contributed by atoms with Crippen molar-refractivity contribution in [1.82, 2.24) is 15.1 Å². The Labute approximate surface area is 102 Å². The van der Waals surface area contributed by atoms with Gasteiger partial charge in [-0.2, -0.15) is 5.10 Å². The number of hydrogen-bond donors (Lipinski definition) is 1. The largest absolute Gasteiger partial charge is 0.350 e. The predicted molar refractivity (Wildman–Crippen MR) is 66.6 cm³/mol. The van der Waals surface area contributed by atoms with Crippen LogP contribution in [0.4, 0.5) is 0 Å². The smallest absolute Gasteiger partial charge is 0.220 e. The van der Waals surface area contributed by atoms with E-state index in [2.05, 4.69) is 35.0 Å². The average Bonchev–Trinajstić information content (AvgIpc) is 2.89. The molecule has 0 spiro atoms. The van der Waals surface area contributed by atoms with Crippen molar-refractivity contribution in [3.8, 4) is 0 Å². The number of aryl methyl sites for hydroxylation is 1. The highest BCUT2D eigenvalue weighted by atomic mass is 16.2. The first-order chi connectivity index (χ1) is 8.19. The summed E-state index contributed by atoms with van der Waals surface area (Å²) in [6, 6.07) is 2.07. The Morgan fingerprint density at radius 1 is 1.53 bits per heavy atom. The third-order valence-electron chi connectivity index (χ3n) is 3.67. The van der Waals surface area contributed by atoms with Crippen LogP contribution in [-0.2, 0) is 17.8 Å². The molecule has 1 amide bonds. The van der Waals surface area contributed by atoms with Crippen molar-refractivity contribution in [3.05, 3.63) is 18.0 Å². The second-order valence-electron chi connectivity index (χ2n) is 4.90. The summed E-state index contributed by atoms with van der Waals surface area (Å²) in [5, 5.41) is 7.48. The summed E-state index contributed by atoms with van der Waals surface area (Å²) >= 11 is 0. The van der Waals surface area contributed by atoms with Gasteiger partial charge < -0.3 is 5.32 Å². The minimum atomic E-state index is -0.0391. The van der Waals surface area contributed by atoms with Gasteiger partial charge in [0.05, 0.1) is 0 Å². The molecule has 2 heterocycles. The molecule has 17 heavy (non-hydrogen) atoms. The zero-order valence-corrected chi connectivity index (χ0v) is 10.7. The zero-order chi connectivity index (χ0) is 12.3. The van der Waals surface area contributed by atoms with E-state index in [9.17, 15) is 4.79 Å².